The fourth-order valence-corrected chi connectivity index (χ4v) is 3.08. The number of likely N-dealkylation sites (tertiary alicyclic amines) is 1. The van der Waals surface area contributed by atoms with Crippen molar-refractivity contribution >= 4 is 11.8 Å². The Morgan fingerprint density at radius 3 is 2.65 bits per heavy atom. The van der Waals surface area contributed by atoms with Crippen LogP contribution in [0, 0.1) is 0 Å². The standard InChI is InChI=1S/C17H20N4O2/c1-12(22)20-9-5-6-13(10-20)16-15(17(18)23)11-21(19-16)14-7-3-2-4-8-14/h2-4,7-8,11,13H,5-6,9-10H2,1H3,(H2,18,23). The summed E-state index contributed by atoms with van der Waals surface area (Å²) in [7, 11) is 0. The molecule has 0 aliphatic carbocycles. The second-order valence-electron chi connectivity index (χ2n) is 5.88. The van der Waals surface area contributed by atoms with E-state index in [0.29, 0.717) is 17.8 Å². The fourth-order valence-electron chi connectivity index (χ4n) is 3.08. The molecule has 3 rings (SSSR count). The molecule has 1 unspecified atom stereocenters. The molecule has 2 N–H and O–H groups in total. The predicted molar refractivity (Wildman–Crippen MR) is 86.3 cm³/mol. The third-order valence-electron chi connectivity index (χ3n) is 4.28. The van der Waals surface area contributed by atoms with Crippen LogP contribution in [0.1, 0.15) is 41.7 Å². The molecule has 2 amide bonds. The normalized spacial score (nSPS) is 18.0. The maximum Gasteiger partial charge on any atom is 0.252 e. The van der Waals surface area contributed by atoms with Gasteiger partial charge in [-0.15, -0.1) is 0 Å². The highest BCUT2D eigenvalue weighted by Crippen LogP contribution is 2.29. The van der Waals surface area contributed by atoms with Gasteiger partial charge in [-0.1, -0.05) is 18.2 Å². The molecule has 6 heteroatoms. The van der Waals surface area contributed by atoms with E-state index in [1.54, 1.807) is 22.7 Å². The number of nitrogens with zero attached hydrogens (tertiary/aromatic N) is 3. The molecule has 1 aromatic carbocycles. The van der Waals surface area contributed by atoms with Crippen LogP contribution in [0.3, 0.4) is 0 Å². The maximum absolute atomic E-state index is 11.8. The molecule has 1 aliphatic rings. The van der Waals surface area contributed by atoms with Gasteiger partial charge in [-0.3, -0.25) is 9.59 Å². The SMILES string of the molecule is CC(=O)N1CCCC(c2nn(-c3ccccc3)cc2C(N)=O)C1. The Balaban J connectivity index is 1.96. The average molecular weight is 312 g/mol. The van der Waals surface area contributed by atoms with Gasteiger partial charge in [-0.25, -0.2) is 4.68 Å². The lowest BCUT2D eigenvalue weighted by Crippen LogP contribution is -2.38. The zero-order chi connectivity index (χ0) is 16.4. The van der Waals surface area contributed by atoms with Crippen LogP contribution in [0.4, 0.5) is 0 Å². The van der Waals surface area contributed by atoms with Gasteiger partial charge in [0.1, 0.15) is 0 Å². The first kappa shape index (κ1) is 15.3. The van der Waals surface area contributed by atoms with Crippen LogP contribution in [0.2, 0.25) is 0 Å². The predicted octanol–water partition coefficient (Wildman–Crippen LogP) is 1.70. The van der Waals surface area contributed by atoms with Crippen molar-refractivity contribution in [3.05, 3.63) is 47.8 Å². The molecule has 120 valence electrons. The van der Waals surface area contributed by atoms with Crippen LogP contribution < -0.4 is 5.73 Å². The summed E-state index contributed by atoms with van der Waals surface area (Å²) in [6.45, 7) is 2.92. The Bertz CT molecular complexity index is 723. The molecule has 6 nitrogen and oxygen atoms in total. The van der Waals surface area contributed by atoms with E-state index in [1.807, 2.05) is 30.3 Å². The smallest absolute Gasteiger partial charge is 0.252 e. The Morgan fingerprint density at radius 2 is 2.00 bits per heavy atom. The van der Waals surface area contributed by atoms with Gasteiger partial charge in [0, 0.05) is 32.1 Å². The monoisotopic (exact) mass is 312 g/mol. The lowest BCUT2D eigenvalue weighted by Gasteiger charge is -2.31. The van der Waals surface area contributed by atoms with Gasteiger partial charge >= 0.3 is 0 Å². The molecular formula is C17H20N4O2. The molecule has 1 aromatic heterocycles. The number of primary amides is 1. The quantitative estimate of drug-likeness (QED) is 0.936. The van der Waals surface area contributed by atoms with Gasteiger partial charge in [-0.05, 0) is 25.0 Å². The van der Waals surface area contributed by atoms with Gasteiger partial charge in [-0.2, -0.15) is 5.10 Å². The summed E-state index contributed by atoms with van der Waals surface area (Å²) in [5.74, 6) is -0.389. The van der Waals surface area contributed by atoms with Gasteiger partial charge < -0.3 is 10.6 Å². The number of aromatic nitrogens is 2. The minimum Gasteiger partial charge on any atom is -0.365 e. The van der Waals surface area contributed by atoms with Crippen molar-refractivity contribution in [2.24, 2.45) is 5.73 Å². The van der Waals surface area contributed by atoms with E-state index >= 15 is 0 Å². The Morgan fingerprint density at radius 1 is 1.26 bits per heavy atom. The molecule has 1 atom stereocenters. The maximum atomic E-state index is 11.8. The van der Waals surface area contributed by atoms with Crippen LogP contribution in [0.15, 0.2) is 36.5 Å². The number of nitrogens with two attached hydrogens (primary N) is 1. The largest absolute Gasteiger partial charge is 0.365 e. The highest BCUT2D eigenvalue weighted by Gasteiger charge is 2.28. The number of piperidine rings is 1. The first-order chi connectivity index (χ1) is 11.1. The van der Waals surface area contributed by atoms with Crippen molar-refractivity contribution in [2.45, 2.75) is 25.7 Å². The number of carbonyl (C=O) groups excluding carboxylic acids is 2. The number of carbonyl (C=O) groups is 2. The number of rotatable bonds is 3. The second kappa shape index (κ2) is 6.24. The number of para-hydroxylation sites is 1. The summed E-state index contributed by atoms with van der Waals surface area (Å²) in [6.07, 6.45) is 3.48. The molecule has 1 saturated heterocycles. The van der Waals surface area contributed by atoms with Crippen LogP contribution >= 0.6 is 0 Å². The lowest BCUT2D eigenvalue weighted by molar-refractivity contribution is -0.130. The van der Waals surface area contributed by atoms with Crippen molar-refractivity contribution in [3.8, 4) is 5.69 Å². The molecule has 2 aromatic rings. The van der Waals surface area contributed by atoms with E-state index in [4.69, 9.17) is 5.73 Å². The Labute approximate surface area is 134 Å². The van der Waals surface area contributed by atoms with Crippen molar-refractivity contribution in [1.29, 1.82) is 0 Å². The third-order valence-corrected chi connectivity index (χ3v) is 4.28. The summed E-state index contributed by atoms with van der Waals surface area (Å²) in [4.78, 5) is 25.2. The summed E-state index contributed by atoms with van der Waals surface area (Å²) in [6, 6.07) is 9.60. The van der Waals surface area contributed by atoms with Crippen LogP contribution in [-0.2, 0) is 4.79 Å². The van der Waals surface area contributed by atoms with Crippen molar-refractivity contribution in [1.82, 2.24) is 14.7 Å². The lowest BCUT2D eigenvalue weighted by atomic mass is 9.92. The van der Waals surface area contributed by atoms with Gasteiger partial charge in [0.25, 0.3) is 5.91 Å². The molecule has 0 radical (unpaired) electrons. The number of hydrogen-bond donors (Lipinski definition) is 1. The highest BCUT2D eigenvalue weighted by atomic mass is 16.2. The average Bonchev–Trinajstić information content (AvgIpc) is 3.01. The molecular weight excluding hydrogens is 292 g/mol. The van der Waals surface area contributed by atoms with E-state index in [1.165, 1.54) is 0 Å². The summed E-state index contributed by atoms with van der Waals surface area (Å²) in [5.41, 5.74) is 7.53. The zero-order valence-corrected chi connectivity index (χ0v) is 13.1. The van der Waals surface area contributed by atoms with E-state index in [0.717, 1.165) is 25.1 Å². The number of amides is 2. The minimum atomic E-state index is -0.484. The molecule has 0 bridgehead atoms. The second-order valence-corrected chi connectivity index (χ2v) is 5.88. The van der Waals surface area contributed by atoms with Crippen molar-refractivity contribution in [3.63, 3.8) is 0 Å². The number of hydrogen-bond acceptors (Lipinski definition) is 3. The van der Waals surface area contributed by atoms with Crippen molar-refractivity contribution < 1.29 is 9.59 Å². The summed E-state index contributed by atoms with van der Waals surface area (Å²) >= 11 is 0. The van der Waals surface area contributed by atoms with Gasteiger partial charge in [0.05, 0.1) is 16.9 Å². The van der Waals surface area contributed by atoms with E-state index in [2.05, 4.69) is 5.10 Å². The molecule has 0 saturated carbocycles. The molecule has 23 heavy (non-hydrogen) atoms. The molecule has 1 aliphatic heterocycles. The number of benzene rings is 1. The first-order valence-corrected chi connectivity index (χ1v) is 7.76. The van der Waals surface area contributed by atoms with E-state index in [-0.39, 0.29) is 11.8 Å². The van der Waals surface area contributed by atoms with Crippen LogP contribution in [0.25, 0.3) is 5.69 Å². The van der Waals surface area contributed by atoms with Gasteiger partial charge in [0.2, 0.25) is 5.91 Å². The zero-order valence-electron chi connectivity index (χ0n) is 13.1. The van der Waals surface area contributed by atoms with Crippen molar-refractivity contribution in [2.75, 3.05) is 13.1 Å². The Hall–Kier alpha value is -2.63. The third kappa shape index (κ3) is 3.11. The minimum absolute atomic E-state index is 0.0418. The topological polar surface area (TPSA) is 81.2 Å². The van der Waals surface area contributed by atoms with Gasteiger partial charge in [0.15, 0.2) is 0 Å². The summed E-state index contributed by atoms with van der Waals surface area (Å²) < 4.78 is 1.68. The fraction of sp³-hybridized carbons (Fsp3) is 0.353. The Kier molecular flexibility index (Phi) is 4.14. The van der Waals surface area contributed by atoms with E-state index < -0.39 is 5.91 Å². The molecule has 0 spiro atoms. The summed E-state index contributed by atoms with van der Waals surface area (Å²) in [5, 5.41) is 4.60. The van der Waals surface area contributed by atoms with E-state index in [9.17, 15) is 9.59 Å². The van der Waals surface area contributed by atoms with Crippen LogP contribution in [-0.4, -0.2) is 39.6 Å². The molecule has 1 fully saturated rings. The highest BCUT2D eigenvalue weighted by molar-refractivity contribution is 5.94. The van der Waals surface area contributed by atoms with Crippen LogP contribution in [0.5, 0.6) is 0 Å². The first-order valence-electron chi connectivity index (χ1n) is 7.76. The molecule has 2 heterocycles.